The third kappa shape index (κ3) is 2.19. The maximum atomic E-state index is 5.85. The Labute approximate surface area is 111 Å². The largest absolute Gasteiger partial charge is 0.487 e. The van der Waals surface area contributed by atoms with E-state index in [4.69, 9.17) is 16.2 Å². The summed E-state index contributed by atoms with van der Waals surface area (Å²) in [5.41, 5.74) is 14.1. The molecule has 5 heteroatoms. The van der Waals surface area contributed by atoms with E-state index < -0.39 is 0 Å². The van der Waals surface area contributed by atoms with Crippen LogP contribution >= 0.6 is 0 Å². The normalized spacial score (nSPS) is 15.9. The van der Waals surface area contributed by atoms with Crippen molar-refractivity contribution < 1.29 is 4.74 Å². The summed E-state index contributed by atoms with van der Waals surface area (Å²) in [6.45, 7) is 4.15. The Morgan fingerprint density at radius 2 is 1.95 bits per heavy atom. The fourth-order valence-electron chi connectivity index (χ4n) is 2.40. The minimum atomic E-state index is -0.148. The highest BCUT2D eigenvalue weighted by molar-refractivity contribution is 5.66. The van der Waals surface area contributed by atoms with Crippen LogP contribution in [0.25, 0.3) is 11.3 Å². The Kier molecular flexibility index (Phi) is 2.38. The molecule has 1 aromatic heterocycles. The maximum absolute atomic E-state index is 5.85. The van der Waals surface area contributed by atoms with Gasteiger partial charge in [-0.15, -0.1) is 0 Å². The summed E-state index contributed by atoms with van der Waals surface area (Å²) in [6, 6.07) is 7.72. The topological polar surface area (TPSA) is 87.0 Å². The highest BCUT2D eigenvalue weighted by Crippen LogP contribution is 2.37. The Hall–Kier alpha value is -2.30. The molecular weight excluding hydrogens is 240 g/mol. The number of nitrogens with zero attached hydrogens (tertiary/aromatic N) is 2. The molecule has 0 saturated carbocycles. The Morgan fingerprint density at radius 3 is 2.68 bits per heavy atom. The van der Waals surface area contributed by atoms with Crippen molar-refractivity contribution in [1.82, 2.24) is 9.97 Å². The number of nitrogen functional groups attached to an aromatic ring is 2. The molecule has 1 aromatic carbocycles. The fraction of sp³-hybridized carbons (Fsp3) is 0.286. The van der Waals surface area contributed by atoms with Gasteiger partial charge in [-0.25, -0.2) is 4.98 Å². The Morgan fingerprint density at radius 1 is 1.16 bits per heavy atom. The summed E-state index contributed by atoms with van der Waals surface area (Å²) < 4.78 is 5.85. The number of aromatic nitrogens is 2. The number of hydrogen-bond donors (Lipinski definition) is 2. The van der Waals surface area contributed by atoms with Crippen molar-refractivity contribution in [3.63, 3.8) is 0 Å². The molecule has 2 heterocycles. The number of rotatable bonds is 1. The van der Waals surface area contributed by atoms with Gasteiger partial charge in [0.2, 0.25) is 5.95 Å². The smallest absolute Gasteiger partial charge is 0.222 e. The zero-order valence-electron chi connectivity index (χ0n) is 11.0. The number of ether oxygens (including phenoxy) is 1. The second-order valence-corrected chi connectivity index (χ2v) is 5.40. The lowest BCUT2D eigenvalue weighted by atomic mass is 9.99. The fourth-order valence-corrected chi connectivity index (χ4v) is 2.40. The van der Waals surface area contributed by atoms with Crippen LogP contribution in [0.2, 0.25) is 0 Å². The van der Waals surface area contributed by atoms with Crippen molar-refractivity contribution in [2.75, 3.05) is 11.5 Å². The average Bonchev–Trinajstić information content (AvgIpc) is 2.60. The van der Waals surface area contributed by atoms with Gasteiger partial charge in [0.15, 0.2) is 0 Å². The van der Waals surface area contributed by atoms with Crippen molar-refractivity contribution in [2.24, 2.45) is 0 Å². The predicted molar refractivity (Wildman–Crippen MR) is 74.7 cm³/mol. The quantitative estimate of drug-likeness (QED) is 0.815. The van der Waals surface area contributed by atoms with Gasteiger partial charge in [0.1, 0.15) is 17.2 Å². The molecule has 2 aromatic rings. The SMILES string of the molecule is CC1(C)Cc2cc(-c3cc(N)nc(N)n3)ccc2O1. The first-order valence-electron chi connectivity index (χ1n) is 6.15. The molecule has 0 aliphatic carbocycles. The van der Waals surface area contributed by atoms with E-state index in [-0.39, 0.29) is 11.5 Å². The second-order valence-electron chi connectivity index (χ2n) is 5.40. The lowest BCUT2D eigenvalue weighted by Gasteiger charge is -2.16. The summed E-state index contributed by atoms with van der Waals surface area (Å²) in [5.74, 6) is 1.50. The van der Waals surface area contributed by atoms with Crippen molar-refractivity contribution in [2.45, 2.75) is 25.9 Å². The molecule has 0 saturated heterocycles. The van der Waals surface area contributed by atoms with Crippen molar-refractivity contribution >= 4 is 11.8 Å². The molecule has 3 rings (SSSR count). The van der Waals surface area contributed by atoms with Gasteiger partial charge in [-0.05, 0) is 37.6 Å². The summed E-state index contributed by atoms with van der Waals surface area (Å²) in [6.07, 6.45) is 0.881. The molecule has 0 amide bonds. The third-order valence-electron chi connectivity index (χ3n) is 3.12. The first kappa shape index (κ1) is 11.8. The number of fused-ring (bicyclic) bond motifs is 1. The molecular formula is C14H16N4O. The Balaban J connectivity index is 2.04. The molecule has 0 bridgehead atoms. The van der Waals surface area contributed by atoms with E-state index in [9.17, 15) is 0 Å². The van der Waals surface area contributed by atoms with E-state index in [2.05, 4.69) is 29.9 Å². The van der Waals surface area contributed by atoms with Crippen LogP contribution in [0, 0.1) is 0 Å². The van der Waals surface area contributed by atoms with Gasteiger partial charge in [0.25, 0.3) is 0 Å². The zero-order valence-corrected chi connectivity index (χ0v) is 11.0. The Bertz CT molecular complexity index is 632. The average molecular weight is 256 g/mol. The molecule has 0 atom stereocenters. The van der Waals surface area contributed by atoms with Crippen LogP contribution in [0.15, 0.2) is 24.3 Å². The maximum Gasteiger partial charge on any atom is 0.222 e. The van der Waals surface area contributed by atoms with E-state index in [1.807, 2.05) is 12.1 Å². The van der Waals surface area contributed by atoms with Gasteiger partial charge < -0.3 is 16.2 Å². The van der Waals surface area contributed by atoms with Crippen LogP contribution in [0.5, 0.6) is 5.75 Å². The van der Waals surface area contributed by atoms with Crippen molar-refractivity contribution in [3.05, 3.63) is 29.8 Å². The van der Waals surface area contributed by atoms with E-state index >= 15 is 0 Å². The van der Waals surface area contributed by atoms with Crippen molar-refractivity contribution in [3.8, 4) is 17.0 Å². The van der Waals surface area contributed by atoms with E-state index in [0.717, 1.165) is 23.4 Å². The molecule has 19 heavy (non-hydrogen) atoms. The first-order valence-corrected chi connectivity index (χ1v) is 6.15. The molecule has 5 nitrogen and oxygen atoms in total. The van der Waals surface area contributed by atoms with E-state index in [1.54, 1.807) is 6.07 Å². The second kappa shape index (κ2) is 3.85. The van der Waals surface area contributed by atoms with Crippen LogP contribution in [-0.2, 0) is 6.42 Å². The molecule has 1 aliphatic heterocycles. The zero-order chi connectivity index (χ0) is 13.6. The number of anilines is 2. The van der Waals surface area contributed by atoms with Gasteiger partial charge in [-0.2, -0.15) is 4.98 Å². The van der Waals surface area contributed by atoms with E-state index in [0.29, 0.717) is 5.82 Å². The molecule has 0 spiro atoms. The summed E-state index contributed by atoms with van der Waals surface area (Å²) in [4.78, 5) is 8.09. The third-order valence-corrected chi connectivity index (χ3v) is 3.12. The summed E-state index contributed by atoms with van der Waals surface area (Å²) in [7, 11) is 0. The summed E-state index contributed by atoms with van der Waals surface area (Å²) >= 11 is 0. The van der Waals surface area contributed by atoms with Gasteiger partial charge in [0, 0.05) is 18.1 Å². The van der Waals surface area contributed by atoms with E-state index in [1.165, 1.54) is 5.56 Å². The number of benzene rings is 1. The van der Waals surface area contributed by atoms with Gasteiger partial charge in [-0.3, -0.25) is 0 Å². The monoisotopic (exact) mass is 256 g/mol. The van der Waals surface area contributed by atoms with Gasteiger partial charge in [0.05, 0.1) is 5.69 Å². The molecule has 1 aliphatic rings. The van der Waals surface area contributed by atoms with Crippen LogP contribution in [0.4, 0.5) is 11.8 Å². The molecule has 4 N–H and O–H groups in total. The van der Waals surface area contributed by atoms with Crippen molar-refractivity contribution in [1.29, 1.82) is 0 Å². The van der Waals surface area contributed by atoms with Crippen LogP contribution in [0.3, 0.4) is 0 Å². The summed E-state index contributed by atoms with van der Waals surface area (Å²) in [5, 5.41) is 0. The highest BCUT2D eigenvalue weighted by Gasteiger charge is 2.30. The van der Waals surface area contributed by atoms with Crippen LogP contribution in [0.1, 0.15) is 19.4 Å². The number of hydrogen-bond acceptors (Lipinski definition) is 5. The standard InChI is InChI=1S/C14H16N4O/c1-14(2)7-9-5-8(3-4-11(9)19-14)10-6-12(15)18-13(16)17-10/h3-6H,7H2,1-2H3,(H4,15,16,17,18). The lowest BCUT2D eigenvalue weighted by Crippen LogP contribution is -2.24. The van der Waals surface area contributed by atoms with Gasteiger partial charge in [-0.1, -0.05) is 0 Å². The first-order chi connectivity index (χ1) is 8.93. The minimum absolute atomic E-state index is 0.148. The molecule has 0 unspecified atom stereocenters. The number of nitrogens with two attached hydrogens (primary N) is 2. The minimum Gasteiger partial charge on any atom is -0.487 e. The van der Waals surface area contributed by atoms with Gasteiger partial charge >= 0.3 is 0 Å². The lowest BCUT2D eigenvalue weighted by molar-refractivity contribution is 0.138. The molecule has 0 radical (unpaired) electrons. The molecule has 0 fully saturated rings. The molecule has 98 valence electrons. The highest BCUT2D eigenvalue weighted by atomic mass is 16.5. The predicted octanol–water partition coefficient (Wildman–Crippen LogP) is 2.02. The van der Waals surface area contributed by atoms with Crippen LogP contribution < -0.4 is 16.2 Å². The van der Waals surface area contributed by atoms with Crippen LogP contribution in [-0.4, -0.2) is 15.6 Å².